The second-order valence-electron chi connectivity index (χ2n) is 6.12. The Labute approximate surface area is 159 Å². The van der Waals surface area contributed by atoms with Crippen molar-refractivity contribution in [1.29, 1.82) is 0 Å². The Balaban J connectivity index is 1.56. The van der Waals surface area contributed by atoms with E-state index in [-0.39, 0.29) is 22.7 Å². The SMILES string of the molecule is O=C(Nc1ccccc1)NC1CCN(c2ccc(Br)cc2[N+](=O)[O-])CC1. The van der Waals surface area contributed by atoms with Gasteiger partial charge in [0, 0.05) is 35.4 Å². The summed E-state index contributed by atoms with van der Waals surface area (Å²) < 4.78 is 0.682. The normalized spacial score (nSPS) is 14.7. The van der Waals surface area contributed by atoms with Crippen LogP contribution in [0.15, 0.2) is 53.0 Å². The van der Waals surface area contributed by atoms with Gasteiger partial charge in [-0.1, -0.05) is 34.1 Å². The molecule has 136 valence electrons. The van der Waals surface area contributed by atoms with Crippen molar-refractivity contribution in [2.45, 2.75) is 18.9 Å². The molecule has 0 radical (unpaired) electrons. The summed E-state index contributed by atoms with van der Waals surface area (Å²) in [5.41, 5.74) is 1.45. The molecule has 2 aromatic carbocycles. The summed E-state index contributed by atoms with van der Waals surface area (Å²) in [4.78, 5) is 25.0. The molecule has 0 aromatic heterocycles. The number of halogens is 1. The van der Waals surface area contributed by atoms with Crippen molar-refractivity contribution in [3.05, 3.63) is 63.1 Å². The van der Waals surface area contributed by atoms with E-state index in [2.05, 4.69) is 26.6 Å². The minimum Gasteiger partial charge on any atom is -0.366 e. The second kappa shape index (κ2) is 8.18. The molecule has 0 aliphatic carbocycles. The topological polar surface area (TPSA) is 87.5 Å². The number of hydrogen-bond acceptors (Lipinski definition) is 4. The molecule has 2 amide bonds. The molecule has 1 heterocycles. The van der Waals surface area contributed by atoms with Crippen molar-refractivity contribution in [1.82, 2.24) is 5.32 Å². The van der Waals surface area contributed by atoms with E-state index in [0.717, 1.165) is 18.5 Å². The van der Waals surface area contributed by atoms with Crippen LogP contribution in [0.3, 0.4) is 0 Å². The molecule has 1 fully saturated rings. The first kappa shape index (κ1) is 18.2. The fourth-order valence-corrected chi connectivity index (χ4v) is 3.40. The first-order valence-corrected chi connectivity index (χ1v) is 9.13. The van der Waals surface area contributed by atoms with E-state index < -0.39 is 0 Å². The van der Waals surface area contributed by atoms with Gasteiger partial charge in [-0.3, -0.25) is 10.1 Å². The lowest BCUT2D eigenvalue weighted by Crippen LogP contribution is -2.46. The molecule has 0 unspecified atom stereocenters. The van der Waals surface area contributed by atoms with Gasteiger partial charge in [-0.25, -0.2) is 4.79 Å². The molecule has 0 bridgehead atoms. The minimum absolute atomic E-state index is 0.0458. The zero-order valence-electron chi connectivity index (χ0n) is 14.0. The molecule has 8 heteroatoms. The molecule has 2 aromatic rings. The van der Waals surface area contributed by atoms with E-state index in [1.54, 1.807) is 12.1 Å². The van der Waals surface area contributed by atoms with Crippen molar-refractivity contribution in [2.24, 2.45) is 0 Å². The molecule has 1 saturated heterocycles. The number of anilines is 2. The van der Waals surface area contributed by atoms with E-state index in [0.29, 0.717) is 23.2 Å². The van der Waals surface area contributed by atoms with Crippen molar-refractivity contribution in [3.8, 4) is 0 Å². The van der Waals surface area contributed by atoms with Gasteiger partial charge in [0.25, 0.3) is 5.69 Å². The number of piperidine rings is 1. The molecular weight excluding hydrogens is 400 g/mol. The van der Waals surface area contributed by atoms with Crippen LogP contribution in [0.5, 0.6) is 0 Å². The molecule has 2 N–H and O–H groups in total. The Morgan fingerprint density at radius 2 is 1.85 bits per heavy atom. The fraction of sp³-hybridized carbons (Fsp3) is 0.278. The summed E-state index contributed by atoms with van der Waals surface area (Å²) in [5.74, 6) is 0. The Bertz CT molecular complexity index is 792. The van der Waals surface area contributed by atoms with Gasteiger partial charge in [-0.05, 0) is 37.1 Å². The average molecular weight is 419 g/mol. The lowest BCUT2D eigenvalue weighted by Gasteiger charge is -2.33. The number of nitro benzene ring substituents is 1. The number of rotatable bonds is 4. The van der Waals surface area contributed by atoms with Crippen LogP contribution in [0.2, 0.25) is 0 Å². The van der Waals surface area contributed by atoms with Crippen LogP contribution >= 0.6 is 15.9 Å². The number of nitrogens with one attached hydrogen (secondary N) is 2. The molecule has 0 spiro atoms. The molecule has 0 atom stereocenters. The van der Waals surface area contributed by atoms with Crippen molar-refractivity contribution >= 4 is 39.0 Å². The number of carbonyl (C=O) groups excluding carboxylic acids is 1. The van der Waals surface area contributed by atoms with Gasteiger partial charge in [0.05, 0.1) is 4.92 Å². The summed E-state index contributed by atoms with van der Waals surface area (Å²) in [6.07, 6.45) is 1.46. The summed E-state index contributed by atoms with van der Waals surface area (Å²) >= 11 is 3.28. The maximum Gasteiger partial charge on any atom is 0.319 e. The van der Waals surface area contributed by atoms with Gasteiger partial charge >= 0.3 is 6.03 Å². The quantitative estimate of drug-likeness (QED) is 0.576. The highest BCUT2D eigenvalue weighted by molar-refractivity contribution is 9.10. The molecular formula is C18H19BrN4O3. The van der Waals surface area contributed by atoms with Crippen molar-refractivity contribution < 1.29 is 9.72 Å². The first-order valence-electron chi connectivity index (χ1n) is 8.34. The Morgan fingerprint density at radius 3 is 2.50 bits per heavy atom. The number of hydrogen-bond donors (Lipinski definition) is 2. The highest BCUT2D eigenvalue weighted by Crippen LogP contribution is 2.32. The van der Waals surface area contributed by atoms with E-state index in [1.807, 2.05) is 35.2 Å². The number of nitro groups is 1. The monoisotopic (exact) mass is 418 g/mol. The molecule has 1 aliphatic heterocycles. The Morgan fingerprint density at radius 1 is 1.15 bits per heavy atom. The first-order chi connectivity index (χ1) is 12.5. The van der Waals surface area contributed by atoms with Crippen LogP contribution in [0, 0.1) is 10.1 Å². The van der Waals surface area contributed by atoms with Gasteiger partial charge in [-0.15, -0.1) is 0 Å². The zero-order chi connectivity index (χ0) is 18.5. The van der Waals surface area contributed by atoms with Gasteiger partial charge < -0.3 is 15.5 Å². The van der Waals surface area contributed by atoms with Crippen molar-refractivity contribution in [3.63, 3.8) is 0 Å². The maximum absolute atomic E-state index is 12.1. The van der Waals surface area contributed by atoms with Crippen LogP contribution < -0.4 is 15.5 Å². The van der Waals surface area contributed by atoms with Crippen LogP contribution in [-0.2, 0) is 0 Å². The lowest BCUT2D eigenvalue weighted by molar-refractivity contribution is -0.384. The fourth-order valence-electron chi connectivity index (χ4n) is 3.05. The molecule has 7 nitrogen and oxygen atoms in total. The maximum atomic E-state index is 12.1. The summed E-state index contributed by atoms with van der Waals surface area (Å²) in [6, 6.07) is 14.2. The Kier molecular flexibility index (Phi) is 5.72. The van der Waals surface area contributed by atoms with E-state index >= 15 is 0 Å². The molecule has 26 heavy (non-hydrogen) atoms. The summed E-state index contributed by atoms with van der Waals surface area (Å²) in [6.45, 7) is 1.30. The third kappa shape index (κ3) is 4.51. The predicted octanol–water partition coefficient (Wildman–Crippen LogP) is 4.15. The van der Waals surface area contributed by atoms with Gasteiger partial charge in [-0.2, -0.15) is 0 Å². The summed E-state index contributed by atoms with van der Waals surface area (Å²) in [5, 5.41) is 17.1. The highest BCUT2D eigenvalue weighted by atomic mass is 79.9. The minimum atomic E-state index is -0.363. The Hall–Kier alpha value is -2.61. The van der Waals surface area contributed by atoms with Crippen LogP contribution in [-0.4, -0.2) is 30.1 Å². The average Bonchev–Trinajstić information content (AvgIpc) is 2.63. The highest BCUT2D eigenvalue weighted by Gasteiger charge is 2.25. The third-order valence-electron chi connectivity index (χ3n) is 4.34. The number of para-hydroxylation sites is 1. The van der Waals surface area contributed by atoms with Crippen LogP contribution in [0.1, 0.15) is 12.8 Å². The van der Waals surface area contributed by atoms with E-state index in [1.165, 1.54) is 6.07 Å². The third-order valence-corrected chi connectivity index (χ3v) is 4.83. The largest absolute Gasteiger partial charge is 0.366 e. The van der Waals surface area contributed by atoms with Gasteiger partial charge in [0.2, 0.25) is 0 Å². The number of nitrogens with zero attached hydrogens (tertiary/aromatic N) is 2. The van der Waals surface area contributed by atoms with Crippen LogP contribution in [0.25, 0.3) is 0 Å². The van der Waals surface area contributed by atoms with E-state index in [4.69, 9.17) is 0 Å². The molecule has 3 rings (SSSR count). The molecule has 1 aliphatic rings. The smallest absolute Gasteiger partial charge is 0.319 e. The predicted molar refractivity (Wildman–Crippen MR) is 105 cm³/mol. The second-order valence-corrected chi connectivity index (χ2v) is 7.03. The number of benzene rings is 2. The van der Waals surface area contributed by atoms with Crippen LogP contribution in [0.4, 0.5) is 21.9 Å². The molecule has 0 saturated carbocycles. The van der Waals surface area contributed by atoms with Crippen molar-refractivity contribution in [2.75, 3.05) is 23.3 Å². The van der Waals surface area contributed by atoms with Gasteiger partial charge in [0.1, 0.15) is 5.69 Å². The van der Waals surface area contributed by atoms with E-state index in [9.17, 15) is 14.9 Å². The lowest BCUT2D eigenvalue weighted by atomic mass is 10.0. The standard InChI is InChI=1S/C18H19BrN4O3/c19-13-6-7-16(17(12-13)23(25)26)22-10-8-15(9-11-22)21-18(24)20-14-4-2-1-3-5-14/h1-7,12,15H,8-11H2,(H2,20,21,24). The number of urea groups is 1. The van der Waals surface area contributed by atoms with Gasteiger partial charge in [0.15, 0.2) is 0 Å². The summed E-state index contributed by atoms with van der Waals surface area (Å²) in [7, 11) is 0. The number of amides is 2. The zero-order valence-corrected chi connectivity index (χ0v) is 15.6. The number of carbonyl (C=O) groups is 1.